The molecule has 0 aromatic carbocycles. The molecule has 0 amide bonds. The SMILES string of the molecule is CC1(C)CCC[C@@]2(C)CC[C@@]3(C)C[C@@H](O)[C@@]12O3. The highest BCUT2D eigenvalue weighted by Gasteiger charge is 2.71. The van der Waals surface area contributed by atoms with Crippen molar-refractivity contribution >= 4 is 0 Å². The van der Waals surface area contributed by atoms with Crippen molar-refractivity contribution in [3.05, 3.63) is 0 Å². The Hall–Kier alpha value is -0.0800. The number of fused-ring (bicyclic) bond motifs is 1. The summed E-state index contributed by atoms with van der Waals surface area (Å²) in [5.41, 5.74) is -0.111. The quantitative estimate of drug-likeness (QED) is 0.702. The van der Waals surface area contributed by atoms with Crippen LogP contribution in [0.1, 0.15) is 66.2 Å². The lowest BCUT2D eigenvalue weighted by molar-refractivity contribution is -0.282. The first-order valence-corrected chi connectivity index (χ1v) is 7.13. The molecule has 2 bridgehead atoms. The normalized spacial score (nSPS) is 56.6. The third-order valence-corrected chi connectivity index (χ3v) is 6.14. The Kier molecular flexibility index (Phi) is 2.17. The molecule has 0 aromatic heterocycles. The second-order valence-corrected chi connectivity index (χ2v) is 7.81. The highest BCUT2D eigenvalue weighted by molar-refractivity contribution is 5.20. The minimum atomic E-state index is -0.300. The maximum absolute atomic E-state index is 10.7. The van der Waals surface area contributed by atoms with Crippen LogP contribution in [0.15, 0.2) is 0 Å². The first kappa shape index (κ1) is 12.0. The summed E-state index contributed by atoms with van der Waals surface area (Å²) in [5, 5.41) is 10.7. The summed E-state index contributed by atoms with van der Waals surface area (Å²) in [6, 6.07) is 0. The van der Waals surface area contributed by atoms with Crippen LogP contribution in [0.3, 0.4) is 0 Å². The summed E-state index contributed by atoms with van der Waals surface area (Å²) in [5.74, 6) is 0. The monoisotopic (exact) mass is 238 g/mol. The summed E-state index contributed by atoms with van der Waals surface area (Å²) in [6.07, 6.45) is 6.53. The van der Waals surface area contributed by atoms with Crippen molar-refractivity contribution in [2.45, 2.75) is 83.5 Å². The number of aliphatic hydroxyl groups is 1. The van der Waals surface area contributed by atoms with Crippen molar-refractivity contribution in [2.75, 3.05) is 0 Å². The molecule has 0 radical (unpaired) electrons. The van der Waals surface area contributed by atoms with E-state index in [2.05, 4.69) is 27.7 Å². The molecule has 0 unspecified atom stereocenters. The van der Waals surface area contributed by atoms with Gasteiger partial charge in [0.1, 0.15) is 5.60 Å². The fraction of sp³-hybridized carbons (Fsp3) is 1.00. The predicted molar refractivity (Wildman–Crippen MR) is 67.8 cm³/mol. The van der Waals surface area contributed by atoms with Gasteiger partial charge in [0, 0.05) is 6.42 Å². The fourth-order valence-corrected chi connectivity index (χ4v) is 5.28. The summed E-state index contributed by atoms with van der Waals surface area (Å²) in [4.78, 5) is 0. The minimum absolute atomic E-state index is 0.0759. The molecular formula is C15H26O2. The molecule has 3 aliphatic rings. The van der Waals surface area contributed by atoms with Crippen LogP contribution in [-0.2, 0) is 4.74 Å². The molecule has 1 spiro atoms. The molecule has 2 heteroatoms. The van der Waals surface area contributed by atoms with E-state index >= 15 is 0 Å². The van der Waals surface area contributed by atoms with Gasteiger partial charge in [-0.05, 0) is 43.4 Å². The maximum Gasteiger partial charge on any atom is 0.105 e. The third-order valence-electron chi connectivity index (χ3n) is 6.14. The van der Waals surface area contributed by atoms with E-state index < -0.39 is 0 Å². The molecule has 1 N–H and O–H groups in total. The molecule has 1 aliphatic carbocycles. The van der Waals surface area contributed by atoms with Crippen molar-refractivity contribution in [1.29, 1.82) is 0 Å². The zero-order chi connectivity index (χ0) is 12.5. The van der Waals surface area contributed by atoms with E-state index in [4.69, 9.17) is 4.74 Å². The Morgan fingerprint density at radius 1 is 1.00 bits per heavy atom. The second kappa shape index (κ2) is 3.08. The summed E-state index contributed by atoms with van der Waals surface area (Å²) < 4.78 is 6.56. The van der Waals surface area contributed by atoms with E-state index in [1.807, 2.05) is 0 Å². The molecule has 98 valence electrons. The Balaban J connectivity index is 2.14. The average Bonchev–Trinajstić information content (AvgIpc) is 2.44. The van der Waals surface area contributed by atoms with Gasteiger partial charge in [-0.2, -0.15) is 0 Å². The van der Waals surface area contributed by atoms with Crippen LogP contribution in [0.4, 0.5) is 0 Å². The summed E-state index contributed by atoms with van der Waals surface area (Å²) in [6.45, 7) is 9.13. The molecule has 17 heavy (non-hydrogen) atoms. The van der Waals surface area contributed by atoms with Gasteiger partial charge < -0.3 is 9.84 Å². The van der Waals surface area contributed by atoms with Crippen LogP contribution in [0, 0.1) is 10.8 Å². The lowest BCUT2D eigenvalue weighted by Crippen LogP contribution is -2.66. The van der Waals surface area contributed by atoms with Gasteiger partial charge in [0.25, 0.3) is 0 Å². The van der Waals surface area contributed by atoms with Gasteiger partial charge in [-0.3, -0.25) is 0 Å². The number of hydrogen-bond acceptors (Lipinski definition) is 2. The topological polar surface area (TPSA) is 29.5 Å². The number of ether oxygens (including phenoxy) is 1. The zero-order valence-corrected chi connectivity index (χ0v) is 11.7. The van der Waals surface area contributed by atoms with Gasteiger partial charge in [0.05, 0.1) is 11.7 Å². The van der Waals surface area contributed by atoms with E-state index in [0.29, 0.717) is 0 Å². The smallest absolute Gasteiger partial charge is 0.105 e. The molecule has 3 rings (SSSR count). The molecule has 2 saturated heterocycles. The van der Waals surface area contributed by atoms with Crippen LogP contribution in [0.5, 0.6) is 0 Å². The van der Waals surface area contributed by atoms with Crippen LogP contribution in [0.25, 0.3) is 0 Å². The van der Waals surface area contributed by atoms with E-state index in [1.165, 1.54) is 25.7 Å². The van der Waals surface area contributed by atoms with Crippen molar-refractivity contribution in [1.82, 2.24) is 0 Å². The molecule has 2 aliphatic heterocycles. The maximum atomic E-state index is 10.7. The van der Waals surface area contributed by atoms with Crippen LogP contribution in [0.2, 0.25) is 0 Å². The zero-order valence-electron chi connectivity index (χ0n) is 11.7. The van der Waals surface area contributed by atoms with Gasteiger partial charge in [-0.1, -0.05) is 27.2 Å². The van der Waals surface area contributed by atoms with Crippen LogP contribution < -0.4 is 0 Å². The van der Waals surface area contributed by atoms with Crippen molar-refractivity contribution < 1.29 is 9.84 Å². The number of aliphatic hydroxyl groups excluding tert-OH is 1. The van der Waals surface area contributed by atoms with Crippen LogP contribution in [-0.4, -0.2) is 22.4 Å². The van der Waals surface area contributed by atoms with Crippen molar-refractivity contribution in [3.63, 3.8) is 0 Å². The average molecular weight is 238 g/mol. The van der Waals surface area contributed by atoms with E-state index in [9.17, 15) is 5.11 Å². The van der Waals surface area contributed by atoms with Gasteiger partial charge in [0.2, 0.25) is 0 Å². The first-order chi connectivity index (χ1) is 7.75. The highest BCUT2D eigenvalue weighted by atomic mass is 16.6. The fourth-order valence-electron chi connectivity index (χ4n) is 5.28. The molecule has 2 heterocycles. The first-order valence-electron chi connectivity index (χ1n) is 7.13. The van der Waals surface area contributed by atoms with Gasteiger partial charge >= 0.3 is 0 Å². The van der Waals surface area contributed by atoms with E-state index in [-0.39, 0.29) is 28.1 Å². The minimum Gasteiger partial charge on any atom is -0.390 e. The van der Waals surface area contributed by atoms with Crippen LogP contribution >= 0.6 is 0 Å². The van der Waals surface area contributed by atoms with Gasteiger partial charge in [-0.25, -0.2) is 0 Å². The lowest BCUT2D eigenvalue weighted by atomic mass is 9.50. The Labute approximate surface area is 105 Å². The van der Waals surface area contributed by atoms with E-state index in [0.717, 1.165) is 12.8 Å². The molecule has 3 fully saturated rings. The third kappa shape index (κ3) is 1.24. The Bertz CT molecular complexity index is 351. The predicted octanol–water partition coefficient (Wildman–Crippen LogP) is 3.28. The Morgan fingerprint density at radius 2 is 1.71 bits per heavy atom. The second-order valence-electron chi connectivity index (χ2n) is 7.81. The Morgan fingerprint density at radius 3 is 2.41 bits per heavy atom. The number of hydrogen-bond donors (Lipinski definition) is 1. The summed E-state index contributed by atoms with van der Waals surface area (Å²) in [7, 11) is 0. The molecule has 0 aromatic rings. The van der Waals surface area contributed by atoms with Gasteiger partial charge in [-0.15, -0.1) is 0 Å². The molecule has 1 saturated carbocycles. The van der Waals surface area contributed by atoms with Crippen molar-refractivity contribution in [2.24, 2.45) is 10.8 Å². The van der Waals surface area contributed by atoms with Crippen molar-refractivity contribution in [3.8, 4) is 0 Å². The molecule has 2 nitrogen and oxygen atoms in total. The lowest BCUT2D eigenvalue weighted by Gasteiger charge is -2.62. The van der Waals surface area contributed by atoms with Gasteiger partial charge in [0.15, 0.2) is 0 Å². The largest absolute Gasteiger partial charge is 0.390 e. The standard InChI is InChI=1S/C15H26O2/c1-12(2)6-5-7-13(3)8-9-14(4)10-11(16)15(12,13)17-14/h11,16H,5-10H2,1-4H3/t11-,13+,14+,15-/m1/s1. The number of rotatable bonds is 0. The molecular weight excluding hydrogens is 212 g/mol. The summed E-state index contributed by atoms with van der Waals surface area (Å²) >= 11 is 0. The van der Waals surface area contributed by atoms with E-state index in [1.54, 1.807) is 0 Å². The highest BCUT2D eigenvalue weighted by Crippen LogP contribution is 2.67. The molecule has 4 atom stereocenters.